The first-order chi connectivity index (χ1) is 6.52. The highest BCUT2D eigenvalue weighted by Gasteiger charge is 2.11. The van der Waals surface area contributed by atoms with Crippen molar-refractivity contribution in [3.05, 3.63) is 34.9 Å². The predicted molar refractivity (Wildman–Crippen MR) is 51.4 cm³/mol. The van der Waals surface area contributed by atoms with E-state index in [0.29, 0.717) is 5.56 Å². The monoisotopic (exact) mass is 193 g/mol. The van der Waals surface area contributed by atoms with Crippen LogP contribution in [0.4, 0.5) is 4.79 Å². The van der Waals surface area contributed by atoms with Crippen LogP contribution < -0.4 is 5.32 Å². The summed E-state index contributed by atoms with van der Waals surface area (Å²) in [4.78, 5) is 21.6. The molecule has 0 heterocycles. The van der Waals surface area contributed by atoms with Crippen molar-refractivity contribution < 1.29 is 14.7 Å². The molecule has 2 N–H and O–H groups in total. The number of hydrogen-bond donors (Lipinski definition) is 2. The number of carbonyl (C=O) groups is 2. The van der Waals surface area contributed by atoms with Gasteiger partial charge >= 0.3 is 6.09 Å². The van der Waals surface area contributed by atoms with E-state index in [4.69, 9.17) is 5.11 Å². The molecule has 0 unspecified atom stereocenters. The average Bonchev–Trinajstić information content (AvgIpc) is 2.08. The number of hydrogen-bond acceptors (Lipinski definition) is 2. The lowest BCUT2D eigenvalue weighted by atomic mass is 10.0. The summed E-state index contributed by atoms with van der Waals surface area (Å²) in [6, 6.07) is 5.19. The predicted octanol–water partition coefficient (Wildman–Crippen LogP) is 1.71. The second kappa shape index (κ2) is 3.91. The molecule has 4 heteroatoms. The Hall–Kier alpha value is -1.84. The lowest BCUT2D eigenvalue weighted by Gasteiger charge is -2.06. The van der Waals surface area contributed by atoms with Gasteiger partial charge in [-0.25, -0.2) is 4.79 Å². The van der Waals surface area contributed by atoms with Crippen molar-refractivity contribution in [3.63, 3.8) is 0 Å². The number of imide groups is 1. The third-order valence-corrected chi connectivity index (χ3v) is 2.07. The van der Waals surface area contributed by atoms with Gasteiger partial charge in [0, 0.05) is 5.56 Å². The van der Waals surface area contributed by atoms with Crippen LogP contribution in [0.15, 0.2) is 18.2 Å². The lowest BCUT2D eigenvalue weighted by molar-refractivity contribution is 0.0947. The van der Waals surface area contributed by atoms with Crippen molar-refractivity contribution in [2.24, 2.45) is 0 Å². The molecule has 0 radical (unpaired) electrons. The summed E-state index contributed by atoms with van der Waals surface area (Å²) in [5.41, 5.74) is 2.15. The van der Waals surface area contributed by atoms with Gasteiger partial charge in [-0.15, -0.1) is 0 Å². The Morgan fingerprint density at radius 2 is 1.93 bits per heavy atom. The van der Waals surface area contributed by atoms with Gasteiger partial charge in [-0.3, -0.25) is 10.1 Å². The summed E-state index contributed by atoms with van der Waals surface area (Å²) in [5.74, 6) is -0.585. The molecule has 1 aromatic carbocycles. The summed E-state index contributed by atoms with van der Waals surface area (Å²) in [5, 5.41) is 10.2. The van der Waals surface area contributed by atoms with Gasteiger partial charge in [-0.2, -0.15) is 0 Å². The van der Waals surface area contributed by atoms with Crippen molar-refractivity contribution in [2.45, 2.75) is 13.8 Å². The number of carbonyl (C=O) groups excluding carboxylic acids is 1. The molecule has 0 fully saturated rings. The van der Waals surface area contributed by atoms with Gasteiger partial charge in [0.2, 0.25) is 0 Å². The highest BCUT2D eigenvalue weighted by atomic mass is 16.4. The molecule has 74 valence electrons. The van der Waals surface area contributed by atoms with Gasteiger partial charge in [0.1, 0.15) is 0 Å². The van der Waals surface area contributed by atoms with Crippen LogP contribution in [0.5, 0.6) is 0 Å². The fraction of sp³-hybridized carbons (Fsp3) is 0.200. The minimum absolute atomic E-state index is 0.396. The number of nitrogens with one attached hydrogen (secondary N) is 1. The SMILES string of the molecule is Cc1cccc(C(=O)NC(=O)O)c1C. The quantitative estimate of drug-likeness (QED) is 0.713. The maximum Gasteiger partial charge on any atom is 0.411 e. The molecule has 0 atom stereocenters. The van der Waals surface area contributed by atoms with E-state index in [-0.39, 0.29) is 0 Å². The second-order valence-corrected chi connectivity index (χ2v) is 3.01. The number of carboxylic acid groups (broad SMARTS) is 1. The third-order valence-electron chi connectivity index (χ3n) is 2.07. The van der Waals surface area contributed by atoms with Gasteiger partial charge in [0.05, 0.1) is 0 Å². The summed E-state index contributed by atoms with van der Waals surface area (Å²) in [6.45, 7) is 3.65. The largest absolute Gasteiger partial charge is 0.465 e. The van der Waals surface area contributed by atoms with Crippen LogP contribution in [0.25, 0.3) is 0 Å². The van der Waals surface area contributed by atoms with Crippen molar-refractivity contribution in [2.75, 3.05) is 0 Å². The molecular weight excluding hydrogens is 182 g/mol. The van der Waals surface area contributed by atoms with E-state index in [1.165, 1.54) is 0 Å². The Kier molecular flexibility index (Phi) is 2.86. The minimum atomic E-state index is -1.34. The van der Waals surface area contributed by atoms with Gasteiger partial charge in [0.15, 0.2) is 0 Å². The zero-order valence-corrected chi connectivity index (χ0v) is 8.00. The van der Waals surface area contributed by atoms with E-state index in [1.807, 2.05) is 13.0 Å². The van der Waals surface area contributed by atoms with E-state index in [9.17, 15) is 9.59 Å². The number of benzene rings is 1. The van der Waals surface area contributed by atoms with Crippen LogP contribution in [0, 0.1) is 13.8 Å². The highest BCUT2D eigenvalue weighted by molar-refractivity contribution is 6.03. The number of rotatable bonds is 1. The Morgan fingerprint density at radius 3 is 2.50 bits per heavy atom. The molecule has 14 heavy (non-hydrogen) atoms. The van der Waals surface area contributed by atoms with E-state index in [1.54, 1.807) is 24.4 Å². The third kappa shape index (κ3) is 2.10. The topological polar surface area (TPSA) is 66.4 Å². The van der Waals surface area contributed by atoms with Crippen LogP contribution >= 0.6 is 0 Å². The van der Waals surface area contributed by atoms with E-state index < -0.39 is 12.0 Å². The standard InChI is InChI=1S/C10H11NO3/c1-6-4-3-5-8(7(6)2)9(12)11-10(13)14/h3-5H,1-2H3,(H,11,12)(H,13,14). The fourth-order valence-electron chi connectivity index (χ4n) is 1.16. The Labute approximate surface area is 81.6 Å². The van der Waals surface area contributed by atoms with E-state index in [0.717, 1.165) is 11.1 Å². The van der Waals surface area contributed by atoms with Crippen LogP contribution in [-0.4, -0.2) is 17.1 Å². The van der Waals surface area contributed by atoms with Gasteiger partial charge in [0.25, 0.3) is 5.91 Å². The first-order valence-electron chi connectivity index (χ1n) is 4.13. The summed E-state index contributed by atoms with van der Waals surface area (Å²) in [6.07, 6.45) is -1.34. The Bertz CT molecular complexity index is 385. The van der Waals surface area contributed by atoms with Crippen LogP contribution in [-0.2, 0) is 0 Å². The van der Waals surface area contributed by atoms with Crippen LogP contribution in [0.2, 0.25) is 0 Å². The van der Waals surface area contributed by atoms with Crippen molar-refractivity contribution in [1.29, 1.82) is 0 Å². The molecule has 0 saturated carbocycles. The smallest absolute Gasteiger partial charge is 0.411 e. The molecular formula is C10H11NO3. The van der Waals surface area contributed by atoms with Gasteiger partial charge < -0.3 is 5.11 Å². The normalized spacial score (nSPS) is 9.57. The zero-order valence-electron chi connectivity index (χ0n) is 8.00. The number of amides is 2. The molecule has 0 aromatic heterocycles. The first kappa shape index (κ1) is 10.2. The molecule has 0 aliphatic heterocycles. The maximum atomic E-state index is 11.3. The highest BCUT2D eigenvalue weighted by Crippen LogP contribution is 2.12. The second-order valence-electron chi connectivity index (χ2n) is 3.01. The summed E-state index contributed by atoms with van der Waals surface area (Å²) in [7, 11) is 0. The molecule has 2 amide bonds. The molecule has 1 rings (SSSR count). The molecule has 0 bridgehead atoms. The summed E-state index contributed by atoms with van der Waals surface area (Å²) >= 11 is 0. The Morgan fingerprint density at radius 1 is 1.29 bits per heavy atom. The molecule has 0 aliphatic rings. The van der Waals surface area contributed by atoms with E-state index in [2.05, 4.69) is 0 Å². The minimum Gasteiger partial charge on any atom is -0.465 e. The zero-order chi connectivity index (χ0) is 10.7. The molecule has 0 saturated heterocycles. The summed E-state index contributed by atoms with van der Waals surface area (Å²) < 4.78 is 0. The number of aryl methyl sites for hydroxylation is 1. The van der Waals surface area contributed by atoms with Crippen LogP contribution in [0.3, 0.4) is 0 Å². The molecule has 0 spiro atoms. The molecule has 4 nitrogen and oxygen atoms in total. The first-order valence-corrected chi connectivity index (χ1v) is 4.13. The van der Waals surface area contributed by atoms with Crippen molar-refractivity contribution in [3.8, 4) is 0 Å². The fourth-order valence-corrected chi connectivity index (χ4v) is 1.16. The van der Waals surface area contributed by atoms with Crippen LogP contribution in [0.1, 0.15) is 21.5 Å². The van der Waals surface area contributed by atoms with Crippen molar-refractivity contribution in [1.82, 2.24) is 5.32 Å². The van der Waals surface area contributed by atoms with Gasteiger partial charge in [-0.1, -0.05) is 12.1 Å². The maximum absolute atomic E-state index is 11.3. The van der Waals surface area contributed by atoms with Crippen molar-refractivity contribution >= 4 is 12.0 Å². The van der Waals surface area contributed by atoms with E-state index >= 15 is 0 Å². The Balaban J connectivity index is 3.01. The van der Waals surface area contributed by atoms with Gasteiger partial charge in [-0.05, 0) is 31.0 Å². The molecule has 0 aliphatic carbocycles. The molecule has 1 aromatic rings. The average molecular weight is 193 g/mol. The lowest BCUT2D eigenvalue weighted by Crippen LogP contribution is -2.29.